The number of nitriles is 1. The Labute approximate surface area is 161 Å². The molecule has 1 aromatic heterocycles. The van der Waals surface area contributed by atoms with Crippen LogP contribution in [-0.4, -0.2) is 78.5 Å². The van der Waals surface area contributed by atoms with Crippen molar-refractivity contribution in [2.24, 2.45) is 5.92 Å². The molecule has 27 heavy (non-hydrogen) atoms. The quantitative estimate of drug-likeness (QED) is 0.803. The monoisotopic (exact) mass is 371 g/mol. The molecule has 1 amide bonds. The first-order valence-corrected chi connectivity index (χ1v) is 9.82. The number of hydrogen-bond donors (Lipinski definition) is 1. The summed E-state index contributed by atoms with van der Waals surface area (Å²) in [7, 11) is 1.82. The molecule has 0 aromatic carbocycles. The minimum atomic E-state index is 0.285. The maximum Gasteiger partial charge on any atom is 0.224 e. The van der Waals surface area contributed by atoms with Crippen molar-refractivity contribution in [1.82, 2.24) is 19.8 Å². The Bertz CT molecular complexity index is 658. The summed E-state index contributed by atoms with van der Waals surface area (Å²) < 4.78 is 0. The maximum atomic E-state index is 12.6. The van der Waals surface area contributed by atoms with Gasteiger partial charge in [-0.05, 0) is 24.8 Å². The van der Waals surface area contributed by atoms with Gasteiger partial charge in [-0.2, -0.15) is 10.2 Å². The third kappa shape index (κ3) is 5.30. The Morgan fingerprint density at radius 3 is 2.67 bits per heavy atom. The zero-order chi connectivity index (χ0) is 19.1. The van der Waals surface area contributed by atoms with Crippen LogP contribution < -0.4 is 10.2 Å². The third-order valence-corrected chi connectivity index (χ3v) is 5.53. The van der Waals surface area contributed by atoms with Crippen molar-refractivity contribution in [1.29, 1.82) is 5.26 Å². The topological polar surface area (TPSA) is 88.4 Å². The number of aromatic nitrogens is 2. The van der Waals surface area contributed by atoms with Crippen molar-refractivity contribution in [2.75, 3.05) is 63.1 Å². The number of carbonyl (C=O) groups excluding carboxylic acids is 1. The van der Waals surface area contributed by atoms with Crippen molar-refractivity contribution in [3.05, 3.63) is 12.3 Å². The van der Waals surface area contributed by atoms with Gasteiger partial charge in [-0.3, -0.25) is 9.69 Å². The summed E-state index contributed by atoms with van der Waals surface area (Å²) >= 11 is 0. The number of nitrogens with zero attached hydrogens (tertiary/aromatic N) is 6. The summed E-state index contributed by atoms with van der Waals surface area (Å²) in [6.07, 6.45) is 5.03. The molecule has 8 heteroatoms. The molecule has 3 rings (SSSR count). The molecule has 0 bridgehead atoms. The van der Waals surface area contributed by atoms with E-state index in [-0.39, 0.29) is 5.91 Å². The highest BCUT2D eigenvalue weighted by atomic mass is 16.2. The van der Waals surface area contributed by atoms with Crippen molar-refractivity contribution in [3.63, 3.8) is 0 Å². The van der Waals surface area contributed by atoms with E-state index in [1.54, 1.807) is 6.20 Å². The van der Waals surface area contributed by atoms with Gasteiger partial charge < -0.3 is 15.1 Å². The van der Waals surface area contributed by atoms with Crippen molar-refractivity contribution < 1.29 is 4.79 Å². The van der Waals surface area contributed by atoms with Crippen LogP contribution in [0.3, 0.4) is 0 Å². The number of piperazine rings is 1. The van der Waals surface area contributed by atoms with E-state index in [9.17, 15) is 4.79 Å². The molecule has 8 nitrogen and oxygen atoms in total. The average molecular weight is 371 g/mol. The van der Waals surface area contributed by atoms with Crippen LogP contribution in [0.5, 0.6) is 0 Å². The van der Waals surface area contributed by atoms with E-state index in [0.717, 1.165) is 64.5 Å². The number of hydrogen-bond acceptors (Lipinski definition) is 7. The standard InChI is InChI=1S/C19H29N7O/c1-21-19-22-7-3-17(23-19)25-9-4-16(5-10-25)15-18(27)26-13-11-24(12-14-26)8-2-6-20/h3,7,16H,2,4-5,8-15H2,1H3,(H,21,22,23). The van der Waals surface area contributed by atoms with E-state index in [4.69, 9.17) is 5.26 Å². The fourth-order valence-electron chi connectivity index (χ4n) is 3.82. The highest BCUT2D eigenvalue weighted by molar-refractivity contribution is 5.76. The molecule has 1 N–H and O–H groups in total. The normalized spacial score (nSPS) is 19.0. The molecule has 0 saturated carbocycles. The zero-order valence-electron chi connectivity index (χ0n) is 16.1. The second kappa shape index (κ2) is 9.51. The molecule has 2 aliphatic rings. The predicted molar refractivity (Wildman–Crippen MR) is 104 cm³/mol. The minimum absolute atomic E-state index is 0.285. The number of rotatable bonds is 6. The lowest BCUT2D eigenvalue weighted by Crippen LogP contribution is -2.49. The lowest BCUT2D eigenvalue weighted by molar-refractivity contribution is -0.134. The van der Waals surface area contributed by atoms with Gasteiger partial charge in [0, 0.05) is 71.9 Å². The smallest absolute Gasteiger partial charge is 0.224 e. The van der Waals surface area contributed by atoms with Gasteiger partial charge in [0.05, 0.1) is 6.07 Å². The van der Waals surface area contributed by atoms with Gasteiger partial charge in [0.1, 0.15) is 5.82 Å². The molecular weight excluding hydrogens is 342 g/mol. The summed E-state index contributed by atoms with van der Waals surface area (Å²) in [4.78, 5) is 27.8. The van der Waals surface area contributed by atoms with Crippen LogP contribution in [0.15, 0.2) is 12.3 Å². The summed E-state index contributed by atoms with van der Waals surface area (Å²) in [6, 6.07) is 4.13. The Morgan fingerprint density at radius 1 is 1.26 bits per heavy atom. The molecule has 3 heterocycles. The lowest BCUT2D eigenvalue weighted by Gasteiger charge is -2.36. The van der Waals surface area contributed by atoms with Gasteiger partial charge in [0.15, 0.2) is 0 Å². The highest BCUT2D eigenvalue weighted by Crippen LogP contribution is 2.25. The van der Waals surface area contributed by atoms with Crippen LogP contribution in [0.4, 0.5) is 11.8 Å². The van der Waals surface area contributed by atoms with Crippen LogP contribution >= 0.6 is 0 Å². The number of nitrogens with one attached hydrogen (secondary N) is 1. The summed E-state index contributed by atoms with van der Waals surface area (Å²) in [5, 5.41) is 11.7. The first-order chi connectivity index (χ1) is 13.2. The second-order valence-electron chi connectivity index (χ2n) is 7.25. The van der Waals surface area contributed by atoms with Gasteiger partial charge in [-0.25, -0.2) is 4.98 Å². The molecule has 2 aliphatic heterocycles. The lowest BCUT2D eigenvalue weighted by atomic mass is 9.93. The first kappa shape index (κ1) is 19.4. The van der Waals surface area contributed by atoms with E-state index in [2.05, 4.69) is 31.2 Å². The fraction of sp³-hybridized carbons (Fsp3) is 0.684. The Kier molecular flexibility index (Phi) is 6.82. The molecule has 0 radical (unpaired) electrons. The number of anilines is 2. The Morgan fingerprint density at radius 2 is 2.00 bits per heavy atom. The SMILES string of the molecule is CNc1nccc(N2CCC(CC(=O)N3CCN(CCC#N)CC3)CC2)n1. The van der Waals surface area contributed by atoms with Crippen LogP contribution in [0.1, 0.15) is 25.7 Å². The minimum Gasteiger partial charge on any atom is -0.357 e. The first-order valence-electron chi connectivity index (χ1n) is 9.82. The molecule has 0 atom stereocenters. The molecule has 2 fully saturated rings. The van der Waals surface area contributed by atoms with Gasteiger partial charge in [0.25, 0.3) is 0 Å². The maximum absolute atomic E-state index is 12.6. The van der Waals surface area contributed by atoms with Gasteiger partial charge >= 0.3 is 0 Å². The summed E-state index contributed by atoms with van der Waals surface area (Å²) in [6.45, 7) is 6.02. The number of piperidine rings is 1. The molecular formula is C19H29N7O. The van der Waals surface area contributed by atoms with E-state index in [0.29, 0.717) is 24.7 Å². The highest BCUT2D eigenvalue weighted by Gasteiger charge is 2.26. The third-order valence-electron chi connectivity index (χ3n) is 5.53. The van der Waals surface area contributed by atoms with E-state index >= 15 is 0 Å². The van der Waals surface area contributed by atoms with E-state index < -0.39 is 0 Å². The predicted octanol–water partition coefficient (Wildman–Crippen LogP) is 1.18. The Hall–Kier alpha value is -2.40. The van der Waals surface area contributed by atoms with Crippen LogP contribution in [0, 0.1) is 17.2 Å². The van der Waals surface area contributed by atoms with Gasteiger partial charge in [0.2, 0.25) is 11.9 Å². The molecule has 146 valence electrons. The van der Waals surface area contributed by atoms with Crippen LogP contribution in [0.25, 0.3) is 0 Å². The fourth-order valence-corrected chi connectivity index (χ4v) is 3.82. The van der Waals surface area contributed by atoms with Gasteiger partial charge in [-0.15, -0.1) is 0 Å². The van der Waals surface area contributed by atoms with E-state index in [1.807, 2.05) is 18.0 Å². The van der Waals surface area contributed by atoms with Crippen LogP contribution in [-0.2, 0) is 4.79 Å². The van der Waals surface area contributed by atoms with Crippen molar-refractivity contribution in [2.45, 2.75) is 25.7 Å². The average Bonchev–Trinajstić information content (AvgIpc) is 2.73. The zero-order valence-corrected chi connectivity index (χ0v) is 16.1. The summed E-state index contributed by atoms with van der Waals surface area (Å²) in [5.41, 5.74) is 0. The summed E-state index contributed by atoms with van der Waals surface area (Å²) in [5.74, 6) is 2.33. The molecule has 0 aliphatic carbocycles. The molecule has 0 spiro atoms. The van der Waals surface area contributed by atoms with Crippen LogP contribution in [0.2, 0.25) is 0 Å². The van der Waals surface area contributed by atoms with Crippen molar-refractivity contribution in [3.8, 4) is 6.07 Å². The molecule has 2 saturated heterocycles. The molecule has 0 unspecified atom stereocenters. The second-order valence-corrected chi connectivity index (χ2v) is 7.25. The molecule has 1 aromatic rings. The van der Waals surface area contributed by atoms with Gasteiger partial charge in [-0.1, -0.05) is 0 Å². The number of carbonyl (C=O) groups is 1. The Balaban J connectivity index is 1.41. The number of amides is 1. The van der Waals surface area contributed by atoms with Crippen molar-refractivity contribution >= 4 is 17.7 Å². The van der Waals surface area contributed by atoms with E-state index in [1.165, 1.54) is 0 Å². The largest absolute Gasteiger partial charge is 0.357 e.